The van der Waals surface area contributed by atoms with Crippen LogP contribution in [0.3, 0.4) is 0 Å². The van der Waals surface area contributed by atoms with Gasteiger partial charge in [-0.05, 0) is 0 Å². The topological polar surface area (TPSA) is 127 Å². The van der Waals surface area contributed by atoms with Crippen molar-refractivity contribution in [1.82, 2.24) is 0 Å². The van der Waals surface area contributed by atoms with Crippen molar-refractivity contribution in [3.05, 3.63) is 0 Å². The van der Waals surface area contributed by atoms with Crippen molar-refractivity contribution in [1.29, 1.82) is 0 Å². The summed E-state index contributed by atoms with van der Waals surface area (Å²) < 4.78 is 125. The van der Waals surface area contributed by atoms with Gasteiger partial charge in [-0.2, -0.15) is 51.1 Å². The van der Waals surface area contributed by atoms with Gasteiger partial charge in [0.15, 0.2) is 0 Å². The van der Waals surface area contributed by atoms with Crippen molar-refractivity contribution in [3.63, 3.8) is 0 Å². The Morgan fingerprint density at radius 1 is 0.789 bits per heavy atom. The second-order valence-electron chi connectivity index (χ2n) is 2.40. The number of phosphoric acid groups is 1. The summed E-state index contributed by atoms with van der Waals surface area (Å²) in [5.74, 6) is 0. The molecule has 0 aliphatic carbocycles. The fraction of sp³-hybridized carbons (Fsp3) is 1.00. The van der Waals surface area contributed by atoms with Crippen LogP contribution < -0.4 is 4.89 Å². The van der Waals surface area contributed by atoms with Gasteiger partial charge in [-0.25, -0.2) is 0 Å². The highest BCUT2D eigenvalue weighted by Gasteiger charge is 2.53. The van der Waals surface area contributed by atoms with E-state index >= 15 is 0 Å². The Kier molecular flexibility index (Phi) is 4.75. The zero-order valence-electron chi connectivity index (χ0n) is 7.80. The molecule has 0 atom stereocenters. The predicted octanol–water partition coefficient (Wildman–Crippen LogP) is 0.187. The van der Waals surface area contributed by atoms with E-state index in [2.05, 4.69) is 7.94 Å². The molecule has 0 aromatic heterocycles. The average Bonchev–Trinajstić information content (AvgIpc) is 1.93. The lowest BCUT2D eigenvalue weighted by molar-refractivity contribution is -0.210. The van der Waals surface area contributed by atoms with Crippen LogP contribution in [0.5, 0.6) is 0 Å². The molecule has 0 rings (SSSR count). The highest BCUT2D eigenvalue weighted by molar-refractivity contribution is 7.94. The summed E-state index contributed by atoms with van der Waals surface area (Å²) in [4.78, 5) is 10.4. The van der Waals surface area contributed by atoms with E-state index < -0.39 is 39.1 Å². The molecule has 8 nitrogen and oxygen atoms in total. The fourth-order valence-electron chi connectivity index (χ4n) is 0.337. The SMILES string of the molecule is O=P([O-])(OS(=O)(=O)C(F)(F)F)OS(=O)(=O)C(F)(F)F. The summed E-state index contributed by atoms with van der Waals surface area (Å²) in [5, 5.41) is 0. The quantitative estimate of drug-likeness (QED) is 0.394. The van der Waals surface area contributed by atoms with Gasteiger partial charge in [-0.15, -0.1) is 0 Å². The minimum Gasteiger partial charge on any atom is -0.755 e. The normalized spacial score (nSPS) is 15.5. The van der Waals surface area contributed by atoms with Crippen LogP contribution in [0.2, 0.25) is 0 Å². The van der Waals surface area contributed by atoms with Gasteiger partial charge in [0.2, 0.25) is 0 Å². The zero-order valence-corrected chi connectivity index (χ0v) is 10.3. The first-order valence-corrected chi connectivity index (χ1v) is 7.55. The minimum absolute atomic E-state index is 2.27. The van der Waals surface area contributed by atoms with Crippen LogP contribution in [0.1, 0.15) is 0 Å². The zero-order chi connectivity index (χ0) is 15.9. The second-order valence-corrected chi connectivity index (χ2v) is 7.23. The molecule has 0 N–H and O–H groups in total. The number of rotatable bonds is 4. The minimum atomic E-state index is -6.99. The van der Waals surface area contributed by atoms with Crippen molar-refractivity contribution < 1.29 is 60.6 Å². The van der Waals surface area contributed by atoms with Crippen LogP contribution in [0, 0.1) is 0 Å². The van der Waals surface area contributed by atoms with Gasteiger partial charge in [0, 0.05) is 0 Å². The first kappa shape index (κ1) is 18.6. The predicted molar refractivity (Wildman–Crippen MR) is 39.7 cm³/mol. The lowest BCUT2D eigenvalue weighted by Gasteiger charge is -2.22. The van der Waals surface area contributed by atoms with E-state index in [9.17, 15) is 52.6 Å². The van der Waals surface area contributed by atoms with E-state index in [1.807, 2.05) is 0 Å². The Labute approximate surface area is 100 Å². The number of halogens is 6. The van der Waals surface area contributed by atoms with Gasteiger partial charge in [0.25, 0.3) is 7.82 Å². The van der Waals surface area contributed by atoms with Crippen LogP contribution in [-0.2, 0) is 32.7 Å². The molecule has 0 radical (unpaired) electrons. The smallest absolute Gasteiger partial charge is 0.523 e. The standard InChI is InChI=1S/C2HF6O8PS2/c3-1(4,5)18(11,12)15-17(9,10)16-19(13,14)2(6,7)8/h(H,9,10)/p-1. The third kappa shape index (κ3) is 4.88. The Morgan fingerprint density at radius 3 is 1.16 bits per heavy atom. The van der Waals surface area contributed by atoms with Crippen LogP contribution in [0.15, 0.2) is 0 Å². The summed E-state index contributed by atoms with van der Waals surface area (Å²) in [7, 11) is -20.8. The van der Waals surface area contributed by atoms with Gasteiger partial charge in [-0.1, -0.05) is 0 Å². The lowest BCUT2D eigenvalue weighted by atomic mass is 11.6. The molecule has 0 saturated heterocycles. The van der Waals surface area contributed by atoms with Gasteiger partial charge >= 0.3 is 31.3 Å². The van der Waals surface area contributed by atoms with Crippen molar-refractivity contribution in [3.8, 4) is 0 Å². The number of hydrogen-bond acceptors (Lipinski definition) is 8. The van der Waals surface area contributed by atoms with Crippen LogP contribution >= 0.6 is 7.82 Å². The summed E-state index contributed by atoms with van der Waals surface area (Å²) in [5.41, 5.74) is -12.6. The average molecular weight is 361 g/mol. The van der Waals surface area contributed by atoms with Crippen molar-refractivity contribution in [2.24, 2.45) is 0 Å². The van der Waals surface area contributed by atoms with E-state index in [-0.39, 0.29) is 0 Å². The van der Waals surface area contributed by atoms with Crippen LogP contribution in [-0.4, -0.2) is 27.9 Å². The van der Waals surface area contributed by atoms with E-state index in [1.165, 1.54) is 0 Å². The maximum absolute atomic E-state index is 11.6. The van der Waals surface area contributed by atoms with Gasteiger partial charge in [0.05, 0.1) is 0 Å². The van der Waals surface area contributed by atoms with Gasteiger partial charge in [0.1, 0.15) is 0 Å². The third-order valence-electron chi connectivity index (χ3n) is 0.946. The molecule has 17 heteroatoms. The molecule has 0 fully saturated rings. The maximum Gasteiger partial charge on any atom is 0.523 e. The van der Waals surface area contributed by atoms with Gasteiger partial charge < -0.3 is 4.89 Å². The second kappa shape index (κ2) is 4.85. The highest BCUT2D eigenvalue weighted by atomic mass is 32.2. The molecule has 19 heavy (non-hydrogen) atoms. The first-order valence-electron chi connectivity index (χ1n) is 3.27. The fourth-order valence-corrected chi connectivity index (χ4v) is 3.26. The summed E-state index contributed by atoms with van der Waals surface area (Å²) in [6.45, 7) is 0. The molecule has 0 heterocycles. The lowest BCUT2D eigenvalue weighted by Crippen LogP contribution is -2.30. The maximum atomic E-state index is 11.6. The van der Waals surface area contributed by atoms with E-state index in [1.54, 1.807) is 0 Å². The summed E-state index contributed by atoms with van der Waals surface area (Å²) in [6.07, 6.45) is 0. The first-order chi connectivity index (χ1) is 7.91. The Hall–Kier alpha value is -0.410. The molecule has 116 valence electrons. The molecule has 0 aliphatic heterocycles. The molecular weight excluding hydrogens is 361 g/mol. The van der Waals surface area contributed by atoms with Crippen LogP contribution in [0.25, 0.3) is 0 Å². The summed E-state index contributed by atoms with van der Waals surface area (Å²) >= 11 is 0. The highest BCUT2D eigenvalue weighted by Crippen LogP contribution is 2.48. The molecule has 0 aromatic rings. The van der Waals surface area contributed by atoms with Crippen LogP contribution in [0.4, 0.5) is 26.3 Å². The largest absolute Gasteiger partial charge is 0.755 e. The Balaban J connectivity index is 5.34. The molecule has 0 aliphatic rings. The van der Waals surface area contributed by atoms with Gasteiger partial charge in [-0.3, -0.25) is 4.57 Å². The Morgan fingerprint density at radius 2 is 1.00 bits per heavy atom. The van der Waals surface area contributed by atoms with E-state index in [0.29, 0.717) is 0 Å². The summed E-state index contributed by atoms with van der Waals surface area (Å²) in [6, 6.07) is 0. The molecule has 0 spiro atoms. The van der Waals surface area contributed by atoms with Crippen molar-refractivity contribution >= 4 is 28.1 Å². The number of hydrogen-bond donors (Lipinski definition) is 0. The molecule has 0 aromatic carbocycles. The van der Waals surface area contributed by atoms with E-state index in [4.69, 9.17) is 0 Å². The molecule has 0 amide bonds. The van der Waals surface area contributed by atoms with Crippen molar-refractivity contribution in [2.45, 2.75) is 11.0 Å². The molecule has 0 saturated carbocycles. The molecule has 0 bridgehead atoms. The molecular formula is C2F6O8PS2-. The Bertz CT molecular complexity index is 532. The third-order valence-corrected chi connectivity index (χ3v) is 5.11. The van der Waals surface area contributed by atoms with Crippen molar-refractivity contribution in [2.75, 3.05) is 0 Å². The monoisotopic (exact) mass is 361 g/mol. The molecule has 0 unspecified atom stereocenters. The number of alkyl halides is 6. The van der Waals surface area contributed by atoms with E-state index in [0.717, 1.165) is 0 Å².